The van der Waals surface area contributed by atoms with Crippen LogP contribution in [0.5, 0.6) is 0 Å². The molecule has 0 amide bonds. The van der Waals surface area contributed by atoms with E-state index in [-0.39, 0.29) is 0 Å². The van der Waals surface area contributed by atoms with E-state index in [1.54, 1.807) is 0 Å². The maximum atomic E-state index is 5.00. The molecule has 2 heterocycles. The van der Waals surface area contributed by atoms with Crippen molar-refractivity contribution in [2.45, 2.75) is 52.0 Å². The summed E-state index contributed by atoms with van der Waals surface area (Å²) in [6, 6.07) is 6.79. The van der Waals surface area contributed by atoms with E-state index in [1.807, 2.05) is 0 Å². The Morgan fingerprint density at radius 2 is 2.05 bits per heavy atom. The highest BCUT2D eigenvalue weighted by Crippen LogP contribution is 2.29. The largest absolute Gasteiger partial charge is 0.328 e. The van der Waals surface area contributed by atoms with Crippen LogP contribution in [0.15, 0.2) is 18.2 Å². The summed E-state index contributed by atoms with van der Waals surface area (Å²) in [6.07, 6.45) is 4.68. The fraction of sp³-hybridized carbons (Fsp3) is 0.588. The summed E-state index contributed by atoms with van der Waals surface area (Å²) >= 11 is 0. The molecule has 1 aliphatic heterocycles. The van der Waals surface area contributed by atoms with Gasteiger partial charge in [0.15, 0.2) is 0 Å². The Bertz CT molecular complexity index is 579. The first-order valence-electron chi connectivity index (χ1n) is 8.03. The van der Waals surface area contributed by atoms with Gasteiger partial charge in [0.25, 0.3) is 0 Å². The molecule has 1 saturated heterocycles. The molecule has 0 aliphatic carbocycles. The zero-order chi connectivity index (χ0) is 13.9. The monoisotopic (exact) mass is 271 g/mol. The van der Waals surface area contributed by atoms with Gasteiger partial charge in [-0.1, -0.05) is 19.9 Å². The first-order chi connectivity index (χ1) is 9.83. The predicted molar refractivity (Wildman–Crippen MR) is 84.2 cm³/mol. The quantitative estimate of drug-likeness (QED) is 0.922. The number of fused-ring (bicyclic) bond motifs is 1. The molecule has 2 aromatic rings. The summed E-state index contributed by atoms with van der Waals surface area (Å²) < 4.78 is 2.46. The number of nitrogens with one attached hydrogen (secondary N) is 1. The van der Waals surface area contributed by atoms with E-state index in [1.165, 1.54) is 41.7 Å². The first kappa shape index (κ1) is 13.6. The molecule has 3 nitrogen and oxygen atoms in total. The van der Waals surface area contributed by atoms with E-state index < -0.39 is 0 Å². The molecule has 0 unspecified atom stereocenters. The number of aromatic nitrogens is 2. The molecular formula is C17H25N3. The number of imidazole rings is 1. The SMILES string of the molecule is CCCn1c(C2CCNCC2)nc2cc(CC)ccc21. The lowest BCUT2D eigenvalue weighted by molar-refractivity contribution is 0.431. The highest BCUT2D eigenvalue weighted by atomic mass is 15.1. The number of benzene rings is 1. The van der Waals surface area contributed by atoms with Crippen molar-refractivity contribution in [3.8, 4) is 0 Å². The molecule has 1 aromatic heterocycles. The molecule has 0 spiro atoms. The van der Waals surface area contributed by atoms with Crippen LogP contribution in [0.3, 0.4) is 0 Å². The van der Waals surface area contributed by atoms with Crippen molar-refractivity contribution in [1.82, 2.24) is 14.9 Å². The highest BCUT2D eigenvalue weighted by molar-refractivity contribution is 5.77. The smallest absolute Gasteiger partial charge is 0.113 e. The number of hydrogen-bond acceptors (Lipinski definition) is 2. The van der Waals surface area contributed by atoms with Crippen LogP contribution in [0.1, 0.15) is 50.4 Å². The maximum absolute atomic E-state index is 5.00. The molecule has 1 aromatic carbocycles. The Hall–Kier alpha value is -1.35. The lowest BCUT2D eigenvalue weighted by Crippen LogP contribution is -2.28. The minimum absolute atomic E-state index is 0.625. The number of hydrogen-bond donors (Lipinski definition) is 1. The topological polar surface area (TPSA) is 29.9 Å². The normalized spacial score (nSPS) is 16.9. The highest BCUT2D eigenvalue weighted by Gasteiger charge is 2.21. The van der Waals surface area contributed by atoms with Crippen molar-refractivity contribution in [3.63, 3.8) is 0 Å². The van der Waals surface area contributed by atoms with Crippen LogP contribution in [0.25, 0.3) is 11.0 Å². The molecule has 3 heteroatoms. The molecule has 108 valence electrons. The fourth-order valence-corrected chi connectivity index (χ4v) is 3.26. The summed E-state index contributed by atoms with van der Waals surface area (Å²) in [6.45, 7) is 7.79. The molecule has 1 fully saturated rings. The Morgan fingerprint density at radius 1 is 1.25 bits per heavy atom. The molecule has 1 N–H and O–H groups in total. The predicted octanol–water partition coefficient (Wildman–Crippen LogP) is 3.48. The molecular weight excluding hydrogens is 246 g/mol. The average molecular weight is 271 g/mol. The summed E-state index contributed by atoms with van der Waals surface area (Å²) in [4.78, 5) is 5.00. The first-order valence-corrected chi connectivity index (χ1v) is 8.03. The van der Waals surface area contributed by atoms with Crippen molar-refractivity contribution in [1.29, 1.82) is 0 Å². The lowest BCUT2D eigenvalue weighted by Gasteiger charge is -2.23. The van der Waals surface area contributed by atoms with Gasteiger partial charge in [0.2, 0.25) is 0 Å². The van der Waals surface area contributed by atoms with Gasteiger partial charge in [0.05, 0.1) is 11.0 Å². The number of piperidine rings is 1. The molecule has 0 atom stereocenters. The van der Waals surface area contributed by atoms with Gasteiger partial charge < -0.3 is 9.88 Å². The van der Waals surface area contributed by atoms with Crippen LogP contribution < -0.4 is 5.32 Å². The van der Waals surface area contributed by atoms with Gasteiger partial charge in [-0.2, -0.15) is 0 Å². The molecule has 0 bridgehead atoms. The second-order valence-electron chi connectivity index (χ2n) is 5.82. The second kappa shape index (κ2) is 5.96. The van der Waals surface area contributed by atoms with Gasteiger partial charge >= 0.3 is 0 Å². The lowest BCUT2D eigenvalue weighted by atomic mass is 9.97. The Morgan fingerprint density at radius 3 is 2.75 bits per heavy atom. The maximum Gasteiger partial charge on any atom is 0.113 e. The van der Waals surface area contributed by atoms with Crippen LogP contribution in [0, 0.1) is 0 Å². The van der Waals surface area contributed by atoms with E-state index in [4.69, 9.17) is 4.98 Å². The van der Waals surface area contributed by atoms with Gasteiger partial charge in [-0.3, -0.25) is 0 Å². The molecule has 3 rings (SSSR count). The van der Waals surface area contributed by atoms with E-state index in [0.29, 0.717) is 5.92 Å². The number of aryl methyl sites for hydroxylation is 2. The summed E-state index contributed by atoms with van der Waals surface area (Å²) in [5.74, 6) is 1.94. The number of nitrogens with zero attached hydrogens (tertiary/aromatic N) is 2. The zero-order valence-electron chi connectivity index (χ0n) is 12.7. The van der Waals surface area contributed by atoms with Gasteiger partial charge in [-0.15, -0.1) is 0 Å². The van der Waals surface area contributed by atoms with Crippen LogP contribution in [-0.4, -0.2) is 22.6 Å². The van der Waals surface area contributed by atoms with E-state index in [0.717, 1.165) is 26.1 Å². The van der Waals surface area contributed by atoms with Crippen LogP contribution in [0.4, 0.5) is 0 Å². The van der Waals surface area contributed by atoms with E-state index in [9.17, 15) is 0 Å². The third kappa shape index (κ3) is 2.47. The molecule has 20 heavy (non-hydrogen) atoms. The summed E-state index contributed by atoms with van der Waals surface area (Å²) in [7, 11) is 0. The van der Waals surface area contributed by atoms with Crippen molar-refractivity contribution >= 4 is 11.0 Å². The minimum Gasteiger partial charge on any atom is -0.328 e. The van der Waals surface area contributed by atoms with Gasteiger partial charge in [0.1, 0.15) is 5.82 Å². The molecule has 0 radical (unpaired) electrons. The fourth-order valence-electron chi connectivity index (χ4n) is 3.26. The Balaban J connectivity index is 2.06. The Labute approximate surface area is 121 Å². The van der Waals surface area contributed by atoms with Crippen molar-refractivity contribution in [2.75, 3.05) is 13.1 Å². The standard InChI is InChI=1S/C17H25N3/c1-3-11-20-16-6-5-13(4-2)12-15(16)19-17(20)14-7-9-18-10-8-14/h5-6,12,14,18H,3-4,7-11H2,1-2H3. The minimum atomic E-state index is 0.625. The van der Waals surface area contributed by atoms with E-state index in [2.05, 4.69) is 41.9 Å². The van der Waals surface area contributed by atoms with E-state index >= 15 is 0 Å². The van der Waals surface area contributed by atoms with Gasteiger partial charge in [-0.25, -0.2) is 4.98 Å². The van der Waals surface area contributed by atoms with Gasteiger partial charge in [-0.05, 0) is 56.5 Å². The van der Waals surface area contributed by atoms with Crippen molar-refractivity contribution in [3.05, 3.63) is 29.6 Å². The van der Waals surface area contributed by atoms with Gasteiger partial charge in [0, 0.05) is 12.5 Å². The molecule has 1 aliphatic rings. The Kier molecular flexibility index (Phi) is 4.06. The third-order valence-electron chi connectivity index (χ3n) is 4.40. The zero-order valence-corrected chi connectivity index (χ0v) is 12.7. The van der Waals surface area contributed by atoms with Crippen LogP contribution in [0.2, 0.25) is 0 Å². The summed E-state index contributed by atoms with van der Waals surface area (Å²) in [5.41, 5.74) is 3.89. The molecule has 0 saturated carbocycles. The van der Waals surface area contributed by atoms with Crippen molar-refractivity contribution < 1.29 is 0 Å². The van der Waals surface area contributed by atoms with Crippen LogP contribution in [-0.2, 0) is 13.0 Å². The number of rotatable bonds is 4. The van der Waals surface area contributed by atoms with Crippen LogP contribution >= 0.6 is 0 Å². The van der Waals surface area contributed by atoms with Crippen molar-refractivity contribution in [2.24, 2.45) is 0 Å². The second-order valence-corrected chi connectivity index (χ2v) is 5.82. The summed E-state index contributed by atoms with van der Waals surface area (Å²) in [5, 5.41) is 3.45. The average Bonchev–Trinajstić information content (AvgIpc) is 2.86. The third-order valence-corrected chi connectivity index (χ3v) is 4.40.